The summed E-state index contributed by atoms with van der Waals surface area (Å²) in [5.41, 5.74) is 9.78. The first-order valence-electron chi connectivity index (χ1n) is 9.48. The number of nitrogens with one attached hydrogen (secondary N) is 1. The van der Waals surface area contributed by atoms with Crippen LogP contribution in [0.3, 0.4) is 0 Å². The molecule has 0 radical (unpaired) electrons. The number of piperazine rings is 1. The zero-order chi connectivity index (χ0) is 19.5. The van der Waals surface area contributed by atoms with Crippen molar-refractivity contribution in [3.8, 4) is 0 Å². The van der Waals surface area contributed by atoms with Crippen molar-refractivity contribution < 1.29 is 5.11 Å². The minimum Gasteiger partial charge on any atom is -0.395 e. The van der Waals surface area contributed by atoms with Crippen molar-refractivity contribution in [2.75, 3.05) is 55.3 Å². The van der Waals surface area contributed by atoms with Gasteiger partial charge in [-0.1, -0.05) is 6.07 Å². The van der Waals surface area contributed by atoms with E-state index in [1.54, 1.807) is 6.33 Å². The number of nitrogen functional groups attached to an aromatic ring is 1. The van der Waals surface area contributed by atoms with Crippen LogP contribution < -0.4 is 16.0 Å². The van der Waals surface area contributed by atoms with Crippen LogP contribution in [-0.2, 0) is 0 Å². The van der Waals surface area contributed by atoms with E-state index in [1.165, 1.54) is 0 Å². The van der Waals surface area contributed by atoms with Gasteiger partial charge in [0.1, 0.15) is 12.0 Å². The second-order valence-electron chi connectivity index (χ2n) is 6.96. The molecule has 1 aliphatic rings. The fourth-order valence-corrected chi connectivity index (χ4v) is 3.56. The van der Waals surface area contributed by atoms with Gasteiger partial charge in [-0.3, -0.25) is 9.88 Å². The van der Waals surface area contributed by atoms with Crippen molar-refractivity contribution in [3.63, 3.8) is 0 Å². The summed E-state index contributed by atoms with van der Waals surface area (Å²) >= 11 is 0. The number of pyridine rings is 1. The van der Waals surface area contributed by atoms with Gasteiger partial charge in [-0.15, -0.1) is 0 Å². The number of nitrogens with zero attached hydrogens (tertiary/aromatic N) is 5. The van der Waals surface area contributed by atoms with Crippen LogP contribution in [0.2, 0.25) is 0 Å². The van der Waals surface area contributed by atoms with Crippen LogP contribution in [0.4, 0.5) is 23.0 Å². The lowest BCUT2D eigenvalue weighted by Crippen LogP contribution is -2.47. The van der Waals surface area contributed by atoms with E-state index in [-0.39, 0.29) is 6.61 Å². The molecule has 1 aliphatic heterocycles. The molecular weight excluding hydrogens is 354 g/mol. The highest BCUT2D eigenvalue weighted by molar-refractivity contribution is 5.94. The highest BCUT2D eigenvalue weighted by Gasteiger charge is 2.21. The molecule has 146 valence electrons. The molecule has 3 aromatic rings. The van der Waals surface area contributed by atoms with E-state index in [1.807, 2.05) is 31.2 Å². The largest absolute Gasteiger partial charge is 0.395 e. The summed E-state index contributed by atoms with van der Waals surface area (Å²) < 4.78 is 0. The molecule has 1 saturated heterocycles. The van der Waals surface area contributed by atoms with Gasteiger partial charge in [-0.2, -0.15) is 0 Å². The number of aliphatic hydroxyl groups excluding tert-OH is 1. The minimum absolute atomic E-state index is 0.184. The second-order valence-corrected chi connectivity index (χ2v) is 6.96. The molecule has 0 saturated carbocycles. The third-order valence-electron chi connectivity index (χ3n) is 5.08. The summed E-state index contributed by atoms with van der Waals surface area (Å²) in [6.07, 6.45) is 1.54. The van der Waals surface area contributed by atoms with Crippen LogP contribution in [-0.4, -0.2) is 64.3 Å². The number of nitrogens with two attached hydrogens (primary N) is 1. The molecule has 3 heterocycles. The maximum absolute atomic E-state index is 9.10. The summed E-state index contributed by atoms with van der Waals surface area (Å²) in [6.45, 7) is 6.25. The Bertz CT molecular complexity index is 970. The van der Waals surface area contributed by atoms with Crippen molar-refractivity contribution >= 4 is 33.9 Å². The van der Waals surface area contributed by atoms with E-state index in [9.17, 15) is 0 Å². The number of aromatic nitrogens is 3. The quantitative estimate of drug-likeness (QED) is 0.616. The fourth-order valence-electron chi connectivity index (χ4n) is 3.56. The molecule has 0 atom stereocenters. The van der Waals surface area contributed by atoms with Crippen molar-refractivity contribution in [1.82, 2.24) is 19.9 Å². The van der Waals surface area contributed by atoms with Crippen LogP contribution in [0, 0.1) is 6.92 Å². The third kappa shape index (κ3) is 3.69. The normalized spacial score (nSPS) is 15.1. The van der Waals surface area contributed by atoms with E-state index >= 15 is 0 Å². The summed E-state index contributed by atoms with van der Waals surface area (Å²) in [7, 11) is 0. The molecule has 28 heavy (non-hydrogen) atoms. The summed E-state index contributed by atoms with van der Waals surface area (Å²) in [5.74, 6) is 1.34. The molecule has 0 unspecified atom stereocenters. The van der Waals surface area contributed by atoms with E-state index < -0.39 is 0 Å². The van der Waals surface area contributed by atoms with Crippen molar-refractivity contribution in [2.24, 2.45) is 0 Å². The molecule has 0 spiro atoms. The smallest absolute Gasteiger partial charge is 0.159 e. The Balaban J connectivity index is 1.58. The molecule has 0 aliphatic carbocycles. The maximum atomic E-state index is 9.10. The van der Waals surface area contributed by atoms with Crippen LogP contribution in [0.15, 0.2) is 36.7 Å². The standard InChI is InChI=1S/C20H25N7O/c1-14-5-6-15-16(24-14)3-2-4-17(15)25-19-18(21)20(23-13-22-19)27-9-7-26(8-10-27)11-12-28/h2-6,13,28H,7-12,21H2,1H3,(H,22,23,25). The SMILES string of the molecule is Cc1ccc2c(Nc3ncnc(N4CCN(CCO)CC4)c3N)cccc2n1. The van der Waals surface area contributed by atoms with E-state index in [2.05, 4.69) is 36.1 Å². The summed E-state index contributed by atoms with van der Waals surface area (Å²) in [6, 6.07) is 10.0. The van der Waals surface area contributed by atoms with Crippen LogP contribution >= 0.6 is 0 Å². The van der Waals surface area contributed by atoms with Gasteiger partial charge in [-0.05, 0) is 31.2 Å². The number of benzene rings is 1. The number of aliphatic hydroxyl groups is 1. The van der Waals surface area contributed by atoms with Gasteiger partial charge in [0.05, 0.1) is 12.1 Å². The Morgan fingerprint density at radius 3 is 2.71 bits per heavy atom. The number of hydrogen-bond donors (Lipinski definition) is 3. The third-order valence-corrected chi connectivity index (χ3v) is 5.08. The fraction of sp³-hybridized carbons (Fsp3) is 0.350. The molecule has 8 nitrogen and oxygen atoms in total. The predicted molar refractivity (Wildman–Crippen MR) is 112 cm³/mol. The molecule has 4 rings (SSSR count). The van der Waals surface area contributed by atoms with Crippen molar-refractivity contribution in [2.45, 2.75) is 6.92 Å². The first-order valence-corrected chi connectivity index (χ1v) is 9.48. The average molecular weight is 379 g/mol. The highest BCUT2D eigenvalue weighted by Crippen LogP contribution is 2.31. The first-order chi connectivity index (χ1) is 13.7. The Morgan fingerprint density at radius 1 is 1.11 bits per heavy atom. The zero-order valence-corrected chi connectivity index (χ0v) is 16.0. The van der Waals surface area contributed by atoms with Crippen LogP contribution in [0.25, 0.3) is 10.9 Å². The number of fused-ring (bicyclic) bond motifs is 1. The van der Waals surface area contributed by atoms with E-state index in [4.69, 9.17) is 10.8 Å². The Kier molecular flexibility index (Phi) is 5.23. The van der Waals surface area contributed by atoms with Gasteiger partial charge in [-0.25, -0.2) is 9.97 Å². The first kappa shape index (κ1) is 18.4. The monoisotopic (exact) mass is 379 g/mol. The van der Waals surface area contributed by atoms with Crippen molar-refractivity contribution in [1.29, 1.82) is 0 Å². The van der Waals surface area contributed by atoms with Gasteiger partial charge < -0.3 is 21.1 Å². The van der Waals surface area contributed by atoms with Crippen molar-refractivity contribution in [3.05, 3.63) is 42.4 Å². The molecule has 8 heteroatoms. The highest BCUT2D eigenvalue weighted by atomic mass is 16.3. The van der Waals surface area contributed by atoms with Crippen LogP contribution in [0.1, 0.15) is 5.69 Å². The molecule has 0 bridgehead atoms. The molecule has 2 aromatic heterocycles. The number of β-amino-alcohol motifs (C(OH)–C–C–N with tert-alkyl or cyclic N) is 1. The molecule has 0 amide bonds. The molecule has 1 aromatic carbocycles. The lowest BCUT2D eigenvalue weighted by atomic mass is 10.1. The van der Waals surface area contributed by atoms with Gasteiger partial charge in [0.15, 0.2) is 11.6 Å². The number of rotatable bonds is 5. The Morgan fingerprint density at radius 2 is 1.93 bits per heavy atom. The van der Waals surface area contributed by atoms with Gasteiger partial charge in [0, 0.05) is 49.5 Å². The number of anilines is 4. The maximum Gasteiger partial charge on any atom is 0.159 e. The summed E-state index contributed by atoms with van der Waals surface area (Å²) in [4.78, 5) is 17.8. The molecular formula is C20H25N7O. The van der Waals surface area contributed by atoms with E-state index in [0.717, 1.165) is 54.3 Å². The van der Waals surface area contributed by atoms with Crippen LogP contribution in [0.5, 0.6) is 0 Å². The minimum atomic E-state index is 0.184. The summed E-state index contributed by atoms with van der Waals surface area (Å²) in [5, 5.41) is 13.5. The predicted octanol–water partition coefficient (Wildman–Crippen LogP) is 1.77. The Labute approximate surface area is 164 Å². The topological polar surface area (TPSA) is 103 Å². The average Bonchev–Trinajstić information content (AvgIpc) is 2.70. The number of hydrogen-bond acceptors (Lipinski definition) is 8. The zero-order valence-electron chi connectivity index (χ0n) is 16.0. The van der Waals surface area contributed by atoms with Gasteiger partial charge in [0.25, 0.3) is 0 Å². The Hall–Kier alpha value is -2.97. The molecule has 4 N–H and O–H groups in total. The second kappa shape index (κ2) is 7.95. The lowest BCUT2D eigenvalue weighted by molar-refractivity contribution is 0.188. The van der Waals surface area contributed by atoms with E-state index in [0.29, 0.717) is 18.1 Å². The van der Waals surface area contributed by atoms with Gasteiger partial charge >= 0.3 is 0 Å². The molecule has 1 fully saturated rings. The lowest BCUT2D eigenvalue weighted by Gasteiger charge is -2.35. The van der Waals surface area contributed by atoms with Gasteiger partial charge in [0.2, 0.25) is 0 Å². The number of aryl methyl sites for hydroxylation is 1.